The maximum Gasteiger partial charge on any atom is 0.261 e. The van der Waals surface area contributed by atoms with Gasteiger partial charge in [-0.25, -0.2) is 8.42 Å². The van der Waals surface area contributed by atoms with E-state index in [1.807, 2.05) is 6.07 Å². The third kappa shape index (κ3) is 4.33. The molecule has 0 aliphatic rings. The number of sulfonamides is 1. The first-order valence-electron chi connectivity index (χ1n) is 7.26. The lowest BCUT2D eigenvalue weighted by Gasteiger charge is -2.10. The first-order chi connectivity index (χ1) is 11.3. The Bertz CT molecular complexity index is 865. The standard InChI is InChI=1S/C17H17N3O3S/c1-12(2)17(21)19-14-5-7-15(8-6-14)20-24(22,23)16-9-3-13(11-18)4-10-16/h3-10,12,20H,1-2H3,(H,19,21). The summed E-state index contributed by atoms with van der Waals surface area (Å²) in [5.74, 6) is -0.250. The van der Waals surface area contributed by atoms with Gasteiger partial charge in [0, 0.05) is 17.3 Å². The van der Waals surface area contributed by atoms with Gasteiger partial charge in [0.05, 0.1) is 16.5 Å². The van der Waals surface area contributed by atoms with E-state index in [2.05, 4.69) is 10.0 Å². The molecule has 0 saturated heterocycles. The smallest absolute Gasteiger partial charge is 0.261 e. The summed E-state index contributed by atoms with van der Waals surface area (Å²) in [7, 11) is -3.73. The van der Waals surface area contributed by atoms with E-state index in [0.717, 1.165) is 0 Å². The van der Waals surface area contributed by atoms with Gasteiger partial charge < -0.3 is 5.32 Å². The summed E-state index contributed by atoms with van der Waals surface area (Å²) < 4.78 is 27.0. The highest BCUT2D eigenvalue weighted by Crippen LogP contribution is 2.19. The molecule has 0 aromatic heterocycles. The second-order valence-electron chi connectivity index (χ2n) is 5.46. The molecule has 0 aliphatic heterocycles. The fraction of sp³-hybridized carbons (Fsp3) is 0.176. The van der Waals surface area contributed by atoms with Crippen molar-refractivity contribution in [1.29, 1.82) is 5.26 Å². The second kappa shape index (κ2) is 7.15. The van der Waals surface area contributed by atoms with Gasteiger partial charge in [0.2, 0.25) is 5.91 Å². The van der Waals surface area contributed by atoms with E-state index in [9.17, 15) is 13.2 Å². The van der Waals surface area contributed by atoms with Gasteiger partial charge in [0.25, 0.3) is 10.0 Å². The molecule has 0 bridgehead atoms. The number of carbonyl (C=O) groups excluding carboxylic acids is 1. The highest BCUT2D eigenvalue weighted by molar-refractivity contribution is 7.92. The van der Waals surface area contributed by atoms with Gasteiger partial charge in [-0.05, 0) is 48.5 Å². The van der Waals surface area contributed by atoms with Crippen LogP contribution in [0.3, 0.4) is 0 Å². The number of rotatable bonds is 5. The summed E-state index contributed by atoms with van der Waals surface area (Å²) in [5, 5.41) is 11.5. The molecule has 2 N–H and O–H groups in total. The van der Waals surface area contributed by atoms with Crippen molar-refractivity contribution in [2.45, 2.75) is 18.7 Å². The maximum atomic E-state index is 12.3. The molecule has 0 radical (unpaired) electrons. The number of nitriles is 1. The molecule has 1 amide bonds. The summed E-state index contributed by atoms with van der Waals surface area (Å²) in [6.07, 6.45) is 0. The minimum atomic E-state index is -3.73. The molecule has 2 aromatic carbocycles. The van der Waals surface area contributed by atoms with Gasteiger partial charge in [0.1, 0.15) is 0 Å². The zero-order valence-electron chi connectivity index (χ0n) is 13.3. The number of hydrogen-bond acceptors (Lipinski definition) is 4. The molecule has 0 unspecified atom stereocenters. The van der Waals surface area contributed by atoms with Crippen molar-refractivity contribution in [3.8, 4) is 6.07 Å². The number of anilines is 2. The van der Waals surface area contributed by atoms with Crippen LogP contribution in [0, 0.1) is 17.2 Å². The van der Waals surface area contributed by atoms with Crippen LogP contribution < -0.4 is 10.0 Å². The summed E-state index contributed by atoms with van der Waals surface area (Å²) in [5.41, 5.74) is 1.36. The van der Waals surface area contributed by atoms with Gasteiger partial charge >= 0.3 is 0 Å². The summed E-state index contributed by atoms with van der Waals surface area (Å²) in [6, 6.07) is 13.9. The largest absolute Gasteiger partial charge is 0.326 e. The van der Waals surface area contributed by atoms with Crippen molar-refractivity contribution in [1.82, 2.24) is 0 Å². The minimum absolute atomic E-state index is 0.0682. The van der Waals surface area contributed by atoms with Crippen LogP contribution in [0.2, 0.25) is 0 Å². The predicted octanol–water partition coefficient (Wildman–Crippen LogP) is 2.95. The Morgan fingerprint density at radius 1 is 1.00 bits per heavy atom. The van der Waals surface area contributed by atoms with Crippen molar-refractivity contribution in [2.75, 3.05) is 10.0 Å². The van der Waals surface area contributed by atoms with Crippen LogP contribution in [0.15, 0.2) is 53.4 Å². The fourth-order valence-electron chi connectivity index (χ4n) is 1.83. The summed E-state index contributed by atoms with van der Waals surface area (Å²) in [4.78, 5) is 11.7. The molecule has 0 saturated carbocycles. The molecular formula is C17H17N3O3S. The Kier molecular flexibility index (Phi) is 5.21. The zero-order valence-corrected chi connectivity index (χ0v) is 14.1. The molecule has 0 heterocycles. The van der Waals surface area contributed by atoms with Crippen LogP contribution in [-0.4, -0.2) is 14.3 Å². The van der Waals surface area contributed by atoms with Crippen LogP contribution in [-0.2, 0) is 14.8 Å². The first kappa shape index (κ1) is 17.5. The Labute approximate surface area is 141 Å². The number of benzene rings is 2. The normalized spacial score (nSPS) is 10.9. The Morgan fingerprint density at radius 2 is 1.54 bits per heavy atom. The van der Waals surface area contributed by atoms with Crippen molar-refractivity contribution < 1.29 is 13.2 Å². The SMILES string of the molecule is CC(C)C(=O)Nc1ccc(NS(=O)(=O)c2ccc(C#N)cc2)cc1. The van der Waals surface area contributed by atoms with Gasteiger partial charge in [0.15, 0.2) is 0 Å². The van der Waals surface area contributed by atoms with Gasteiger partial charge in [-0.1, -0.05) is 13.8 Å². The monoisotopic (exact) mass is 343 g/mol. The van der Waals surface area contributed by atoms with Crippen molar-refractivity contribution in [3.05, 3.63) is 54.1 Å². The lowest BCUT2D eigenvalue weighted by atomic mass is 10.2. The van der Waals surface area contributed by atoms with Crippen LogP contribution in [0.4, 0.5) is 11.4 Å². The lowest BCUT2D eigenvalue weighted by Crippen LogP contribution is -2.17. The lowest BCUT2D eigenvalue weighted by molar-refractivity contribution is -0.118. The van der Waals surface area contributed by atoms with Crippen LogP contribution in [0.25, 0.3) is 0 Å². The van der Waals surface area contributed by atoms with Gasteiger partial charge in [-0.2, -0.15) is 5.26 Å². The highest BCUT2D eigenvalue weighted by Gasteiger charge is 2.14. The topological polar surface area (TPSA) is 99.1 Å². The van der Waals surface area contributed by atoms with E-state index in [0.29, 0.717) is 16.9 Å². The third-order valence-corrected chi connectivity index (χ3v) is 4.62. The summed E-state index contributed by atoms with van der Waals surface area (Å²) >= 11 is 0. The molecule has 0 aliphatic carbocycles. The van der Waals surface area contributed by atoms with E-state index >= 15 is 0 Å². The average Bonchev–Trinajstić information content (AvgIpc) is 2.56. The molecule has 2 rings (SSSR count). The van der Waals surface area contributed by atoms with E-state index < -0.39 is 10.0 Å². The van der Waals surface area contributed by atoms with Gasteiger partial charge in [-0.15, -0.1) is 0 Å². The first-order valence-corrected chi connectivity index (χ1v) is 8.74. The average molecular weight is 343 g/mol. The van der Waals surface area contributed by atoms with Crippen LogP contribution in [0.5, 0.6) is 0 Å². The van der Waals surface area contributed by atoms with E-state index in [-0.39, 0.29) is 16.7 Å². The second-order valence-corrected chi connectivity index (χ2v) is 7.15. The van der Waals surface area contributed by atoms with Crippen LogP contribution >= 0.6 is 0 Å². The number of nitrogens with zero attached hydrogens (tertiary/aromatic N) is 1. The molecule has 24 heavy (non-hydrogen) atoms. The third-order valence-electron chi connectivity index (χ3n) is 3.22. The zero-order chi connectivity index (χ0) is 17.7. The number of nitrogens with one attached hydrogen (secondary N) is 2. The Morgan fingerprint density at radius 3 is 2.04 bits per heavy atom. The molecule has 7 heteroatoms. The van der Waals surface area contributed by atoms with Crippen LogP contribution in [0.1, 0.15) is 19.4 Å². The highest BCUT2D eigenvalue weighted by atomic mass is 32.2. The molecule has 0 fully saturated rings. The minimum Gasteiger partial charge on any atom is -0.326 e. The fourth-order valence-corrected chi connectivity index (χ4v) is 2.89. The Hall–Kier alpha value is -2.85. The molecule has 2 aromatic rings. The number of hydrogen-bond donors (Lipinski definition) is 2. The van der Waals surface area contributed by atoms with E-state index in [1.54, 1.807) is 38.1 Å². The van der Waals surface area contributed by atoms with E-state index in [1.165, 1.54) is 24.3 Å². The van der Waals surface area contributed by atoms with E-state index in [4.69, 9.17) is 5.26 Å². The predicted molar refractivity (Wildman–Crippen MR) is 91.9 cm³/mol. The Balaban J connectivity index is 2.12. The number of carbonyl (C=O) groups is 1. The number of amides is 1. The molecule has 0 spiro atoms. The van der Waals surface area contributed by atoms with Gasteiger partial charge in [-0.3, -0.25) is 9.52 Å². The maximum absolute atomic E-state index is 12.3. The van der Waals surface area contributed by atoms with Crippen molar-refractivity contribution >= 4 is 27.3 Å². The van der Waals surface area contributed by atoms with Crippen molar-refractivity contribution in [2.24, 2.45) is 5.92 Å². The molecular weight excluding hydrogens is 326 g/mol. The molecule has 0 atom stereocenters. The molecule has 6 nitrogen and oxygen atoms in total. The van der Waals surface area contributed by atoms with Crippen molar-refractivity contribution in [3.63, 3.8) is 0 Å². The molecule has 124 valence electrons. The quantitative estimate of drug-likeness (QED) is 0.872. The summed E-state index contributed by atoms with van der Waals surface area (Å²) in [6.45, 7) is 3.57.